The third-order valence-corrected chi connectivity index (χ3v) is 6.16. The van der Waals surface area contributed by atoms with Gasteiger partial charge in [-0.15, -0.1) is 0 Å². The number of nitrogens with one attached hydrogen (secondary N) is 1. The van der Waals surface area contributed by atoms with Gasteiger partial charge in [-0.3, -0.25) is 10.8 Å². The van der Waals surface area contributed by atoms with E-state index in [1.54, 1.807) is 10.4 Å². The molecule has 3 N–H and O–H groups in total. The van der Waals surface area contributed by atoms with Crippen molar-refractivity contribution in [1.29, 1.82) is 0 Å². The molecule has 21 heavy (non-hydrogen) atoms. The Morgan fingerprint density at radius 1 is 1.38 bits per heavy atom. The van der Waals surface area contributed by atoms with Gasteiger partial charge >= 0.3 is 0 Å². The topological polar surface area (TPSA) is 97.5 Å². The summed E-state index contributed by atoms with van der Waals surface area (Å²) in [7, 11) is -3.63. The first kappa shape index (κ1) is 14.7. The molecule has 2 aliphatic rings. The Kier molecular flexibility index (Phi) is 4.12. The van der Waals surface area contributed by atoms with Crippen molar-refractivity contribution >= 4 is 15.7 Å². The van der Waals surface area contributed by atoms with Gasteiger partial charge in [0, 0.05) is 18.9 Å². The highest BCUT2D eigenvalue weighted by Crippen LogP contribution is 2.33. The number of rotatable bonds is 3. The maximum absolute atomic E-state index is 13.0. The van der Waals surface area contributed by atoms with Crippen LogP contribution in [0.1, 0.15) is 25.7 Å². The lowest BCUT2D eigenvalue weighted by molar-refractivity contribution is -0.0586. The van der Waals surface area contributed by atoms with Crippen LogP contribution < -0.4 is 11.3 Å². The molecule has 2 unspecified atom stereocenters. The molecule has 1 saturated carbocycles. The Morgan fingerprint density at radius 2 is 2.19 bits per heavy atom. The van der Waals surface area contributed by atoms with Crippen molar-refractivity contribution in [1.82, 2.24) is 9.29 Å². The molecule has 1 aromatic rings. The van der Waals surface area contributed by atoms with E-state index in [4.69, 9.17) is 10.6 Å². The molecular weight excluding hydrogens is 292 g/mol. The third kappa shape index (κ3) is 2.64. The van der Waals surface area contributed by atoms with E-state index in [-0.39, 0.29) is 17.0 Å². The SMILES string of the molecule is NNc1ccncc1S(=O)(=O)N1CCOC2CCCCC21. The number of aromatic nitrogens is 1. The summed E-state index contributed by atoms with van der Waals surface area (Å²) in [5, 5.41) is 0. The number of anilines is 1. The normalized spacial score (nSPS) is 27.1. The van der Waals surface area contributed by atoms with Crippen LogP contribution in [0.2, 0.25) is 0 Å². The maximum atomic E-state index is 13.0. The largest absolute Gasteiger partial charge is 0.375 e. The molecule has 1 aliphatic carbocycles. The fourth-order valence-corrected chi connectivity index (χ4v) is 4.95. The minimum Gasteiger partial charge on any atom is -0.375 e. The van der Waals surface area contributed by atoms with Gasteiger partial charge in [-0.2, -0.15) is 4.31 Å². The number of morpholine rings is 1. The van der Waals surface area contributed by atoms with E-state index in [1.165, 1.54) is 12.4 Å². The van der Waals surface area contributed by atoms with Gasteiger partial charge in [-0.05, 0) is 18.9 Å². The Morgan fingerprint density at radius 3 is 3.00 bits per heavy atom. The second-order valence-electron chi connectivity index (χ2n) is 5.39. The number of hydrazine groups is 1. The minimum atomic E-state index is -3.63. The zero-order valence-corrected chi connectivity index (χ0v) is 12.6. The molecular formula is C13H20N4O3S. The summed E-state index contributed by atoms with van der Waals surface area (Å²) in [6.45, 7) is 0.814. The van der Waals surface area contributed by atoms with Crippen molar-refractivity contribution in [2.24, 2.45) is 5.84 Å². The van der Waals surface area contributed by atoms with Gasteiger partial charge < -0.3 is 10.2 Å². The van der Waals surface area contributed by atoms with Crippen LogP contribution in [0.15, 0.2) is 23.4 Å². The molecule has 3 rings (SSSR count). The number of sulfonamides is 1. The Hall–Kier alpha value is -1.22. The zero-order chi connectivity index (χ0) is 14.9. The third-order valence-electron chi connectivity index (χ3n) is 4.21. The first-order valence-corrected chi connectivity index (χ1v) is 8.62. The highest BCUT2D eigenvalue weighted by atomic mass is 32.2. The molecule has 1 saturated heterocycles. The predicted octanol–water partition coefficient (Wildman–Crippen LogP) is 0.699. The smallest absolute Gasteiger partial charge is 0.247 e. The first-order chi connectivity index (χ1) is 10.1. The van der Waals surface area contributed by atoms with Crippen LogP contribution in [0, 0.1) is 0 Å². The predicted molar refractivity (Wildman–Crippen MR) is 77.9 cm³/mol. The van der Waals surface area contributed by atoms with Crippen LogP contribution in [0.4, 0.5) is 5.69 Å². The van der Waals surface area contributed by atoms with E-state index in [0.717, 1.165) is 25.7 Å². The maximum Gasteiger partial charge on any atom is 0.247 e. The summed E-state index contributed by atoms with van der Waals surface area (Å²) in [6, 6.07) is 1.48. The van der Waals surface area contributed by atoms with E-state index in [9.17, 15) is 8.42 Å². The lowest BCUT2D eigenvalue weighted by Crippen LogP contribution is -2.54. The zero-order valence-electron chi connectivity index (χ0n) is 11.7. The summed E-state index contributed by atoms with van der Waals surface area (Å²) in [4.78, 5) is 4.05. The van der Waals surface area contributed by atoms with Crippen molar-refractivity contribution in [3.05, 3.63) is 18.5 Å². The number of nitrogen functional groups attached to an aromatic ring is 1. The fraction of sp³-hybridized carbons (Fsp3) is 0.615. The van der Waals surface area contributed by atoms with Crippen LogP contribution >= 0.6 is 0 Å². The van der Waals surface area contributed by atoms with E-state index in [0.29, 0.717) is 18.8 Å². The second-order valence-corrected chi connectivity index (χ2v) is 7.25. The summed E-state index contributed by atoms with van der Waals surface area (Å²) in [5.41, 5.74) is 2.80. The molecule has 116 valence electrons. The lowest BCUT2D eigenvalue weighted by Gasteiger charge is -2.42. The van der Waals surface area contributed by atoms with Crippen molar-refractivity contribution < 1.29 is 13.2 Å². The summed E-state index contributed by atoms with van der Waals surface area (Å²) in [5.74, 6) is 5.42. The van der Waals surface area contributed by atoms with Crippen LogP contribution in [0.3, 0.4) is 0 Å². The number of pyridine rings is 1. The number of nitrogens with zero attached hydrogens (tertiary/aromatic N) is 2. The van der Waals surface area contributed by atoms with Gasteiger partial charge in [-0.25, -0.2) is 8.42 Å². The molecule has 8 heteroatoms. The van der Waals surface area contributed by atoms with E-state index >= 15 is 0 Å². The number of nitrogens with two attached hydrogens (primary N) is 1. The molecule has 0 aromatic carbocycles. The lowest BCUT2D eigenvalue weighted by atomic mass is 9.91. The number of ether oxygens (including phenoxy) is 1. The van der Waals surface area contributed by atoms with Gasteiger partial charge in [0.15, 0.2) is 0 Å². The van der Waals surface area contributed by atoms with E-state index in [1.807, 2.05) is 0 Å². The molecule has 0 amide bonds. The quantitative estimate of drug-likeness (QED) is 0.630. The standard InChI is InChI=1S/C13H20N4O3S/c14-16-10-5-6-15-9-13(10)21(18,19)17-7-8-20-12-4-2-1-3-11(12)17/h5-6,9,11-12H,1-4,7-8,14H2,(H,15,16). The first-order valence-electron chi connectivity index (χ1n) is 7.18. The van der Waals surface area contributed by atoms with Crippen molar-refractivity contribution in [3.8, 4) is 0 Å². The van der Waals surface area contributed by atoms with Crippen LogP contribution in [0.25, 0.3) is 0 Å². The average molecular weight is 312 g/mol. The van der Waals surface area contributed by atoms with Crippen molar-refractivity contribution in [3.63, 3.8) is 0 Å². The minimum absolute atomic E-state index is 0.00762. The molecule has 7 nitrogen and oxygen atoms in total. The fourth-order valence-electron chi connectivity index (χ4n) is 3.19. The molecule has 1 aliphatic heterocycles. The van der Waals surface area contributed by atoms with Gasteiger partial charge in [0.2, 0.25) is 10.0 Å². The molecule has 2 heterocycles. The molecule has 2 fully saturated rings. The van der Waals surface area contributed by atoms with Gasteiger partial charge in [0.25, 0.3) is 0 Å². The number of fused-ring (bicyclic) bond motifs is 1. The van der Waals surface area contributed by atoms with E-state index in [2.05, 4.69) is 10.4 Å². The number of hydrogen-bond donors (Lipinski definition) is 2. The second kappa shape index (κ2) is 5.88. The van der Waals surface area contributed by atoms with Crippen molar-refractivity contribution in [2.45, 2.75) is 42.7 Å². The van der Waals surface area contributed by atoms with Crippen LogP contribution in [-0.2, 0) is 14.8 Å². The Labute approximate surface area is 124 Å². The summed E-state index contributed by atoms with van der Waals surface area (Å²) < 4.78 is 33.2. The van der Waals surface area contributed by atoms with Gasteiger partial charge in [0.05, 0.1) is 24.4 Å². The molecule has 2 atom stereocenters. The molecule has 0 spiro atoms. The van der Waals surface area contributed by atoms with Gasteiger partial charge in [-0.1, -0.05) is 12.8 Å². The summed E-state index contributed by atoms with van der Waals surface area (Å²) >= 11 is 0. The Bertz CT molecular complexity index is 605. The molecule has 1 aromatic heterocycles. The van der Waals surface area contributed by atoms with E-state index < -0.39 is 10.0 Å². The van der Waals surface area contributed by atoms with Crippen LogP contribution in [-0.4, -0.2) is 43.0 Å². The van der Waals surface area contributed by atoms with Crippen LogP contribution in [0.5, 0.6) is 0 Å². The Balaban J connectivity index is 1.96. The monoisotopic (exact) mass is 312 g/mol. The molecule has 0 bridgehead atoms. The summed E-state index contributed by atoms with van der Waals surface area (Å²) in [6.07, 6.45) is 6.76. The van der Waals surface area contributed by atoms with Crippen molar-refractivity contribution in [2.75, 3.05) is 18.6 Å². The highest BCUT2D eigenvalue weighted by Gasteiger charge is 2.41. The van der Waals surface area contributed by atoms with Gasteiger partial charge in [0.1, 0.15) is 4.90 Å². The average Bonchev–Trinajstić information content (AvgIpc) is 2.54. The number of hydrogen-bond acceptors (Lipinski definition) is 6. The molecule has 0 radical (unpaired) electrons. The highest BCUT2D eigenvalue weighted by molar-refractivity contribution is 7.89.